The van der Waals surface area contributed by atoms with E-state index in [1.807, 2.05) is 12.1 Å². The quantitative estimate of drug-likeness (QED) is 0.805. The second kappa shape index (κ2) is 7.07. The van der Waals surface area contributed by atoms with Crippen LogP contribution in [0.5, 0.6) is 0 Å². The van der Waals surface area contributed by atoms with Crippen molar-refractivity contribution in [1.82, 2.24) is 0 Å². The van der Waals surface area contributed by atoms with Crippen molar-refractivity contribution in [2.75, 3.05) is 0 Å². The zero-order valence-electron chi connectivity index (χ0n) is 11.1. The van der Waals surface area contributed by atoms with Crippen LogP contribution in [-0.2, 0) is 11.3 Å². The van der Waals surface area contributed by atoms with Crippen molar-refractivity contribution >= 4 is 28.8 Å². The number of ether oxygens (including phenoxy) is 1. The van der Waals surface area contributed by atoms with Crippen LogP contribution in [0.2, 0.25) is 5.02 Å². The van der Waals surface area contributed by atoms with Crippen molar-refractivity contribution in [3.63, 3.8) is 0 Å². The van der Waals surface area contributed by atoms with Gasteiger partial charge in [-0.1, -0.05) is 49.8 Å². The van der Waals surface area contributed by atoms with Gasteiger partial charge in [0, 0.05) is 10.6 Å². The molecule has 0 aromatic heterocycles. The van der Waals surface area contributed by atoms with Gasteiger partial charge in [-0.25, -0.2) is 0 Å². The SMILES string of the molecule is CC(C)CC(C)OCc1ccc(C(N)=S)cc1Cl. The number of hydrogen-bond donors (Lipinski definition) is 1. The Morgan fingerprint density at radius 3 is 2.56 bits per heavy atom. The van der Waals surface area contributed by atoms with Crippen LogP contribution in [0.4, 0.5) is 0 Å². The van der Waals surface area contributed by atoms with E-state index in [2.05, 4.69) is 20.8 Å². The lowest BCUT2D eigenvalue weighted by Crippen LogP contribution is -2.12. The van der Waals surface area contributed by atoms with Gasteiger partial charge in [0.25, 0.3) is 0 Å². The lowest BCUT2D eigenvalue weighted by atomic mass is 10.1. The molecule has 2 nitrogen and oxygen atoms in total. The summed E-state index contributed by atoms with van der Waals surface area (Å²) in [6.45, 7) is 6.97. The first kappa shape index (κ1) is 15.4. The van der Waals surface area contributed by atoms with E-state index in [1.165, 1.54) is 0 Å². The van der Waals surface area contributed by atoms with Gasteiger partial charge in [0.1, 0.15) is 4.99 Å². The monoisotopic (exact) mass is 285 g/mol. The molecule has 2 N–H and O–H groups in total. The average Bonchev–Trinajstić information content (AvgIpc) is 2.26. The first-order valence-corrected chi connectivity index (χ1v) is 6.88. The Morgan fingerprint density at radius 1 is 1.39 bits per heavy atom. The summed E-state index contributed by atoms with van der Waals surface area (Å²) in [6.07, 6.45) is 1.28. The third-order valence-electron chi connectivity index (χ3n) is 2.66. The maximum absolute atomic E-state index is 6.17. The molecule has 0 heterocycles. The van der Waals surface area contributed by atoms with Gasteiger partial charge < -0.3 is 10.5 Å². The second-order valence-electron chi connectivity index (χ2n) is 4.92. The lowest BCUT2D eigenvalue weighted by Gasteiger charge is -2.16. The molecule has 0 aliphatic rings. The number of hydrogen-bond acceptors (Lipinski definition) is 2. The van der Waals surface area contributed by atoms with Crippen LogP contribution in [0, 0.1) is 5.92 Å². The van der Waals surface area contributed by atoms with Crippen LogP contribution in [-0.4, -0.2) is 11.1 Å². The van der Waals surface area contributed by atoms with Gasteiger partial charge in [-0.05, 0) is 30.9 Å². The van der Waals surface area contributed by atoms with Crippen molar-refractivity contribution in [3.8, 4) is 0 Å². The molecule has 100 valence electrons. The van der Waals surface area contributed by atoms with Crippen LogP contribution >= 0.6 is 23.8 Å². The van der Waals surface area contributed by atoms with Gasteiger partial charge in [-0.2, -0.15) is 0 Å². The van der Waals surface area contributed by atoms with Gasteiger partial charge in [-0.15, -0.1) is 0 Å². The molecule has 4 heteroatoms. The number of nitrogens with two attached hydrogens (primary N) is 1. The molecular formula is C14H20ClNOS. The fourth-order valence-electron chi connectivity index (χ4n) is 1.78. The van der Waals surface area contributed by atoms with Crippen LogP contribution in [0.25, 0.3) is 0 Å². The normalized spacial score (nSPS) is 12.7. The maximum atomic E-state index is 6.17. The number of halogens is 1. The Kier molecular flexibility index (Phi) is 6.06. The highest BCUT2D eigenvalue weighted by Crippen LogP contribution is 2.20. The molecule has 0 saturated heterocycles. The summed E-state index contributed by atoms with van der Waals surface area (Å²) in [7, 11) is 0. The highest BCUT2D eigenvalue weighted by Gasteiger charge is 2.08. The average molecular weight is 286 g/mol. The molecule has 1 rings (SSSR count). The van der Waals surface area contributed by atoms with E-state index in [4.69, 9.17) is 34.3 Å². The predicted molar refractivity (Wildman–Crippen MR) is 81.0 cm³/mol. The van der Waals surface area contributed by atoms with Crippen molar-refractivity contribution in [1.29, 1.82) is 0 Å². The summed E-state index contributed by atoms with van der Waals surface area (Å²) in [4.78, 5) is 0.359. The van der Waals surface area contributed by atoms with Crippen molar-refractivity contribution in [2.24, 2.45) is 11.7 Å². The fourth-order valence-corrected chi connectivity index (χ4v) is 2.14. The Labute approximate surface area is 119 Å². The number of rotatable bonds is 6. The Morgan fingerprint density at radius 2 is 2.06 bits per heavy atom. The van der Waals surface area contributed by atoms with E-state index in [-0.39, 0.29) is 6.10 Å². The molecule has 1 aromatic rings. The maximum Gasteiger partial charge on any atom is 0.104 e. The summed E-state index contributed by atoms with van der Waals surface area (Å²) in [5, 5.41) is 0.650. The standard InChI is InChI=1S/C14H20ClNOS/c1-9(2)6-10(3)17-8-12-5-4-11(14(16)18)7-13(12)15/h4-5,7,9-10H,6,8H2,1-3H3,(H2,16,18). The molecule has 18 heavy (non-hydrogen) atoms. The molecule has 0 bridgehead atoms. The molecule has 0 radical (unpaired) electrons. The van der Waals surface area contributed by atoms with Gasteiger partial charge in [0.05, 0.1) is 12.7 Å². The van der Waals surface area contributed by atoms with E-state index in [0.29, 0.717) is 22.5 Å². The molecule has 0 aliphatic carbocycles. The summed E-state index contributed by atoms with van der Waals surface area (Å²) < 4.78 is 5.77. The molecule has 1 aromatic carbocycles. The molecule has 0 saturated carbocycles. The topological polar surface area (TPSA) is 35.2 Å². The molecule has 1 unspecified atom stereocenters. The van der Waals surface area contributed by atoms with Crippen LogP contribution in [0.3, 0.4) is 0 Å². The molecule has 0 spiro atoms. The number of thiocarbonyl (C=S) groups is 1. The van der Waals surface area contributed by atoms with E-state index in [0.717, 1.165) is 17.5 Å². The highest BCUT2D eigenvalue weighted by molar-refractivity contribution is 7.80. The van der Waals surface area contributed by atoms with Gasteiger partial charge >= 0.3 is 0 Å². The summed E-state index contributed by atoms with van der Waals surface area (Å²) in [5.74, 6) is 0.632. The van der Waals surface area contributed by atoms with E-state index in [1.54, 1.807) is 6.07 Å². The minimum Gasteiger partial charge on any atom is -0.389 e. The molecular weight excluding hydrogens is 266 g/mol. The fraction of sp³-hybridized carbons (Fsp3) is 0.500. The molecule has 0 aliphatic heterocycles. The smallest absolute Gasteiger partial charge is 0.104 e. The number of benzene rings is 1. The first-order valence-electron chi connectivity index (χ1n) is 6.10. The third kappa shape index (κ3) is 4.92. The Hall–Kier alpha value is -0.640. The highest BCUT2D eigenvalue weighted by atomic mass is 35.5. The predicted octanol–water partition coefficient (Wildman–Crippen LogP) is 3.93. The van der Waals surface area contributed by atoms with E-state index >= 15 is 0 Å². The minimum atomic E-state index is 0.233. The molecule has 1 atom stereocenters. The summed E-state index contributed by atoms with van der Waals surface area (Å²) in [5.41, 5.74) is 7.30. The zero-order chi connectivity index (χ0) is 13.7. The van der Waals surface area contributed by atoms with Crippen LogP contribution in [0.15, 0.2) is 18.2 Å². The molecule has 0 fully saturated rings. The Balaban J connectivity index is 2.60. The van der Waals surface area contributed by atoms with E-state index < -0.39 is 0 Å². The summed E-state index contributed by atoms with van der Waals surface area (Å²) in [6, 6.07) is 5.58. The summed E-state index contributed by atoms with van der Waals surface area (Å²) >= 11 is 11.1. The zero-order valence-corrected chi connectivity index (χ0v) is 12.6. The van der Waals surface area contributed by atoms with Gasteiger partial charge in [0.15, 0.2) is 0 Å². The Bertz CT molecular complexity index is 420. The largest absolute Gasteiger partial charge is 0.389 e. The van der Waals surface area contributed by atoms with Crippen molar-refractivity contribution in [3.05, 3.63) is 34.3 Å². The minimum absolute atomic E-state index is 0.233. The second-order valence-corrected chi connectivity index (χ2v) is 5.77. The first-order chi connectivity index (χ1) is 8.40. The van der Waals surface area contributed by atoms with E-state index in [9.17, 15) is 0 Å². The van der Waals surface area contributed by atoms with Crippen LogP contribution < -0.4 is 5.73 Å². The van der Waals surface area contributed by atoms with Gasteiger partial charge in [-0.3, -0.25) is 0 Å². The van der Waals surface area contributed by atoms with Crippen molar-refractivity contribution in [2.45, 2.75) is 39.9 Å². The lowest BCUT2D eigenvalue weighted by molar-refractivity contribution is 0.0397. The van der Waals surface area contributed by atoms with Crippen LogP contribution in [0.1, 0.15) is 38.3 Å². The van der Waals surface area contributed by atoms with Gasteiger partial charge in [0.2, 0.25) is 0 Å². The molecule has 0 amide bonds. The van der Waals surface area contributed by atoms with Crippen molar-refractivity contribution < 1.29 is 4.74 Å². The third-order valence-corrected chi connectivity index (χ3v) is 3.25.